The van der Waals surface area contributed by atoms with Gasteiger partial charge in [-0.15, -0.1) is 0 Å². The van der Waals surface area contributed by atoms with Crippen molar-refractivity contribution in [3.8, 4) is 0 Å². The second-order valence-electron chi connectivity index (χ2n) is 5.12. The standard InChI is InChI=1S/C13H18N4O4/c1-8-5-6-16(11(8)7-18)13(19)9-3-2-4-10(17(20)21)12(9)15-14/h2-4,8,11,15,18H,5-7,14H2,1H3. The number of benzene rings is 1. The molecule has 114 valence electrons. The van der Waals surface area contributed by atoms with Crippen LogP contribution in [0.15, 0.2) is 18.2 Å². The monoisotopic (exact) mass is 294 g/mol. The minimum Gasteiger partial charge on any atom is -0.394 e. The topological polar surface area (TPSA) is 122 Å². The van der Waals surface area contributed by atoms with E-state index in [-0.39, 0.29) is 41.4 Å². The van der Waals surface area contributed by atoms with Crippen LogP contribution in [0.1, 0.15) is 23.7 Å². The van der Waals surface area contributed by atoms with Crippen molar-refractivity contribution in [2.45, 2.75) is 19.4 Å². The maximum absolute atomic E-state index is 12.6. The van der Waals surface area contributed by atoms with E-state index in [1.807, 2.05) is 6.92 Å². The molecular formula is C13H18N4O4. The number of nitrogens with zero attached hydrogens (tertiary/aromatic N) is 2. The number of carbonyl (C=O) groups is 1. The number of hydrogen-bond donors (Lipinski definition) is 3. The number of aliphatic hydroxyl groups is 1. The van der Waals surface area contributed by atoms with Crippen molar-refractivity contribution in [3.05, 3.63) is 33.9 Å². The summed E-state index contributed by atoms with van der Waals surface area (Å²) in [6.07, 6.45) is 0.789. The number of nitrogens with one attached hydrogen (secondary N) is 1. The minimum absolute atomic E-state index is 0.0104. The number of likely N-dealkylation sites (tertiary alicyclic amines) is 1. The number of nitro benzene ring substituents is 1. The minimum atomic E-state index is -0.595. The molecule has 0 radical (unpaired) electrons. The van der Waals surface area contributed by atoms with Gasteiger partial charge in [-0.1, -0.05) is 13.0 Å². The van der Waals surface area contributed by atoms with Crippen LogP contribution in [0.25, 0.3) is 0 Å². The number of nitro groups is 1. The summed E-state index contributed by atoms with van der Waals surface area (Å²) in [5.74, 6) is 5.17. The Kier molecular flexibility index (Phi) is 4.39. The molecule has 8 heteroatoms. The number of anilines is 1. The molecule has 1 heterocycles. The number of carbonyl (C=O) groups excluding carboxylic acids is 1. The third kappa shape index (κ3) is 2.67. The molecule has 2 rings (SSSR count). The van der Waals surface area contributed by atoms with E-state index in [1.54, 1.807) is 4.90 Å². The van der Waals surface area contributed by atoms with Crippen molar-refractivity contribution in [2.24, 2.45) is 11.8 Å². The molecule has 0 aliphatic carbocycles. The second kappa shape index (κ2) is 6.06. The predicted octanol–water partition coefficient (Wildman–Crippen LogP) is 0.723. The van der Waals surface area contributed by atoms with E-state index in [2.05, 4.69) is 5.43 Å². The highest BCUT2D eigenvalue weighted by Gasteiger charge is 2.36. The third-order valence-corrected chi connectivity index (χ3v) is 3.94. The molecular weight excluding hydrogens is 276 g/mol. The molecule has 0 spiro atoms. The smallest absolute Gasteiger partial charge is 0.294 e. The van der Waals surface area contributed by atoms with Gasteiger partial charge < -0.3 is 15.4 Å². The van der Waals surface area contributed by atoms with Crippen LogP contribution >= 0.6 is 0 Å². The Morgan fingerprint density at radius 3 is 2.90 bits per heavy atom. The highest BCUT2D eigenvalue weighted by molar-refractivity contribution is 6.01. The Morgan fingerprint density at radius 1 is 1.62 bits per heavy atom. The SMILES string of the molecule is CC1CCN(C(=O)c2cccc([N+](=O)[O-])c2NN)C1CO. The Morgan fingerprint density at radius 2 is 2.33 bits per heavy atom. The summed E-state index contributed by atoms with van der Waals surface area (Å²) in [4.78, 5) is 24.6. The number of hydrogen-bond acceptors (Lipinski definition) is 6. The number of nitrogens with two attached hydrogens (primary N) is 1. The zero-order valence-electron chi connectivity index (χ0n) is 11.7. The fourth-order valence-corrected chi connectivity index (χ4v) is 2.72. The molecule has 2 atom stereocenters. The van der Waals surface area contributed by atoms with E-state index in [0.29, 0.717) is 6.54 Å². The molecule has 21 heavy (non-hydrogen) atoms. The lowest BCUT2D eigenvalue weighted by atomic mass is 10.0. The predicted molar refractivity (Wildman–Crippen MR) is 76.6 cm³/mol. The Hall–Kier alpha value is -2.19. The molecule has 0 aromatic heterocycles. The van der Waals surface area contributed by atoms with E-state index in [9.17, 15) is 20.0 Å². The lowest BCUT2D eigenvalue weighted by Gasteiger charge is -2.26. The van der Waals surface area contributed by atoms with Crippen LogP contribution in [-0.4, -0.2) is 40.0 Å². The van der Waals surface area contributed by atoms with Crippen molar-refractivity contribution in [1.82, 2.24) is 4.90 Å². The fourth-order valence-electron chi connectivity index (χ4n) is 2.72. The first kappa shape index (κ1) is 15.2. The average molecular weight is 294 g/mol. The molecule has 8 nitrogen and oxygen atoms in total. The van der Waals surface area contributed by atoms with E-state index in [4.69, 9.17) is 5.84 Å². The van der Waals surface area contributed by atoms with Gasteiger partial charge >= 0.3 is 0 Å². The van der Waals surface area contributed by atoms with Crippen molar-refractivity contribution in [1.29, 1.82) is 0 Å². The van der Waals surface area contributed by atoms with Gasteiger partial charge in [0.05, 0.1) is 23.1 Å². The molecule has 1 amide bonds. The summed E-state index contributed by atoms with van der Waals surface area (Å²) in [5.41, 5.74) is 2.12. The second-order valence-corrected chi connectivity index (χ2v) is 5.12. The summed E-state index contributed by atoms with van der Waals surface area (Å²) < 4.78 is 0. The van der Waals surface area contributed by atoms with E-state index >= 15 is 0 Å². The van der Waals surface area contributed by atoms with Gasteiger partial charge in [0.2, 0.25) is 0 Å². The lowest BCUT2D eigenvalue weighted by Crippen LogP contribution is -2.40. The largest absolute Gasteiger partial charge is 0.394 e. The van der Waals surface area contributed by atoms with Gasteiger partial charge in [0.1, 0.15) is 5.69 Å². The maximum atomic E-state index is 12.6. The zero-order chi connectivity index (χ0) is 15.6. The van der Waals surface area contributed by atoms with Crippen LogP contribution in [0.2, 0.25) is 0 Å². The number of nitrogen functional groups attached to an aromatic ring is 1. The Balaban J connectivity index is 2.40. The molecule has 2 unspecified atom stereocenters. The van der Waals surface area contributed by atoms with Gasteiger partial charge in [-0.05, 0) is 18.4 Å². The summed E-state index contributed by atoms with van der Waals surface area (Å²) in [5, 5.41) is 20.4. The van der Waals surface area contributed by atoms with E-state index in [1.165, 1.54) is 18.2 Å². The quantitative estimate of drug-likeness (QED) is 0.427. The van der Waals surface area contributed by atoms with Crippen molar-refractivity contribution >= 4 is 17.3 Å². The van der Waals surface area contributed by atoms with Gasteiger partial charge in [0.25, 0.3) is 11.6 Å². The molecule has 1 aliphatic heterocycles. The van der Waals surface area contributed by atoms with E-state index in [0.717, 1.165) is 6.42 Å². The molecule has 0 bridgehead atoms. The van der Waals surface area contributed by atoms with Crippen LogP contribution in [0, 0.1) is 16.0 Å². The first-order valence-corrected chi connectivity index (χ1v) is 6.67. The maximum Gasteiger partial charge on any atom is 0.294 e. The number of hydrazine groups is 1. The van der Waals surface area contributed by atoms with Gasteiger partial charge in [0.15, 0.2) is 0 Å². The summed E-state index contributed by atoms with van der Waals surface area (Å²) in [7, 11) is 0. The lowest BCUT2D eigenvalue weighted by molar-refractivity contribution is -0.384. The van der Waals surface area contributed by atoms with Crippen LogP contribution in [-0.2, 0) is 0 Å². The van der Waals surface area contributed by atoms with Crippen LogP contribution in [0.5, 0.6) is 0 Å². The average Bonchev–Trinajstić information content (AvgIpc) is 2.86. The molecule has 1 aromatic carbocycles. The molecule has 4 N–H and O–H groups in total. The van der Waals surface area contributed by atoms with Crippen molar-refractivity contribution < 1.29 is 14.8 Å². The van der Waals surface area contributed by atoms with Crippen molar-refractivity contribution in [2.75, 3.05) is 18.6 Å². The summed E-state index contributed by atoms with van der Waals surface area (Å²) >= 11 is 0. The van der Waals surface area contributed by atoms with Gasteiger partial charge in [-0.2, -0.15) is 0 Å². The number of para-hydroxylation sites is 1. The molecule has 1 aliphatic rings. The van der Waals surface area contributed by atoms with Crippen LogP contribution < -0.4 is 11.3 Å². The van der Waals surface area contributed by atoms with Crippen LogP contribution in [0.3, 0.4) is 0 Å². The number of rotatable bonds is 4. The van der Waals surface area contributed by atoms with E-state index < -0.39 is 4.92 Å². The van der Waals surface area contributed by atoms with Crippen LogP contribution in [0.4, 0.5) is 11.4 Å². The van der Waals surface area contributed by atoms with Gasteiger partial charge in [0, 0.05) is 12.6 Å². The third-order valence-electron chi connectivity index (χ3n) is 3.94. The van der Waals surface area contributed by atoms with Gasteiger partial charge in [-0.25, -0.2) is 0 Å². The zero-order valence-corrected chi connectivity index (χ0v) is 11.7. The highest BCUT2D eigenvalue weighted by atomic mass is 16.6. The molecule has 1 fully saturated rings. The summed E-state index contributed by atoms with van der Waals surface area (Å²) in [6.45, 7) is 2.34. The Bertz CT molecular complexity index is 563. The molecule has 1 saturated heterocycles. The first-order chi connectivity index (χ1) is 10.0. The van der Waals surface area contributed by atoms with Crippen molar-refractivity contribution in [3.63, 3.8) is 0 Å². The number of amides is 1. The number of aliphatic hydroxyl groups excluding tert-OH is 1. The Labute approximate surface area is 121 Å². The molecule has 0 saturated carbocycles. The fraction of sp³-hybridized carbons (Fsp3) is 0.462. The normalized spacial score (nSPS) is 21.4. The highest BCUT2D eigenvalue weighted by Crippen LogP contribution is 2.31. The summed E-state index contributed by atoms with van der Waals surface area (Å²) in [6, 6.07) is 3.94. The van der Waals surface area contributed by atoms with Gasteiger partial charge in [-0.3, -0.25) is 20.8 Å². The first-order valence-electron chi connectivity index (χ1n) is 6.67. The molecule has 1 aromatic rings.